The molecule has 3 amide bonds. The number of phenols is 1. The molecule has 3 heterocycles. The number of thiazole rings is 1. The molecule has 1 fully saturated rings. The molecule has 3 aromatic carbocycles. The molecule has 6 rings (SSSR count). The quantitative estimate of drug-likeness (QED) is 0.241. The number of anilines is 2. The maximum absolute atomic E-state index is 14.0. The number of para-hydroxylation sites is 1. The van der Waals surface area contributed by atoms with Crippen LogP contribution in [0, 0.1) is 5.92 Å². The van der Waals surface area contributed by atoms with Crippen LogP contribution in [0.5, 0.6) is 11.5 Å². The zero-order valence-electron chi connectivity index (χ0n) is 21.4. The number of benzene rings is 3. The molecule has 12 heteroatoms. The Morgan fingerprint density at radius 2 is 1.71 bits per heavy atom. The molecule has 9 nitrogen and oxygen atoms in total. The maximum atomic E-state index is 14.0. The lowest BCUT2D eigenvalue weighted by atomic mass is 9.82. The van der Waals surface area contributed by atoms with Crippen molar-refractivity contribution in [2.45, 2.75) is 22.7 Å². The second-order valence-corrected chi connectivity index (χ2v) is 12.1. The number of rotatable bonds is 6. The van der Waals surface area contributed by atoms with Gasteiger partial charge in [0.15, 0.2) is 0 Å². The van der Waals surface area contributed by atoms with Gasteiger partial charge in [-0.25, -0.2) is 4.90 Å². The van der Waals surface area contributed by atoms with Gasteiger partial charge in [-0.1, -0.05) is 52.9 Å². The molecule has 2 aliphatic heterocycles. The Kier molecular flexibility index (Phi) is 7.10. The van der Waals surface area contributed by atoms with Gasteiger partial charge in [0.2, 0.25) is 17.7 Å². The van der Waals surface area contributed by atoms with Crippen LogP contribution in [-0.2, 0) is 20.9 Å². The lowest BCUT2D eigenvalue weighted by Gasteiger charge is -2.31. The number of thioether (sulfide) groups is 1. The third-order valence-corrected chi connectivity index (χ3v) is 9.92. The van der Waals surface area contributed by atoms with E-state index in [2.05, 4.69) is 5.32 Å². The topological polar surface area (TPSA) is 118 Å². The van der Waals surface area contributed by atoms with Crippen molar-refractivity contribution in [3.8, 4) is 11.5 Å². The lowest BCUT2D eigenvalue weighted by molar-refractivity contribution is -0.122. The largest absolute Gasteiger partial charge is 0.508 e. The summed E-state index contributed by atoms with van der Waals surface area (Å²) in [5.41, 5.74) is 1.54. The lowest BCUT2D eigenvalue weighted by Crippen LogP contribution is -2.33. The Morgan fingerprint density at radius 3 is 2.41 bits per heavy atom. The smallest absolute Gasteiger partial charge is 0.308 e. The fourth-order valence-corrected chi connectivity index (χ4v) is 8.14. The van der Waals surface area contributed by atoms with Crippen molar-refractivity contribution >= 4 is 63.8 Å². The van der Waals surface area contributed by atoms with Crippen molar-refractivity contribution < 1.29 is 24.2 Å². The minimum atomic E-state index is -0.832. The Bertz CT molecular complexity index is 1730. The van der Waals surface area contributed by atoms with E-state index in [1.807, 2.05) is 12.1 Å². The first-order chi connectivity index (χ1) is 19.8. The molecule has 0 radical (unpaired) electrons. The fraction of sp³-hybridized carbons (Fsp3) is 0.172. The highest BCUT2D eigenvalue weighted by molar-refractivity contribution is 8.00. The van der Waals surface area contributed by atoms with E-state index in [1.165, 1.54) is 28.7 Å². The molecule has 0 unspecified atom stereocenters. The number of ether oxygens (including phenoxy) is 1. The first-order valence-electron chi connectivity index (χ1n) is 12.5. The van der Waals surface area contributed by atoms with Crippen LogP contribution < -0.4 is 19.8 Å². The SMILES string of the molecule is COc1ccccc1[C@@H]1c2sc(=O)n(CC(=O)Nc3ccc(O)cc3)c2S[C@H]2C(=O)N(c3ccc(Cl)cc3)C(=O)[C@@H]12. The van der Waals surface area contributed by atoms with Gasteiger partial charge in [0.05, 0.1) is 23.7 Å². The van der Waals surface area contributed by atoms with E-state index < -0.39 is 28.9 Å². The summed E-state index contributed by atoms with van der Waals surface area (Å²) in [6.07, 6.45) is 0. The van der Waals surface area contributed by atoms with Gasteiger partial charge < -0.3 is 15.2 Å². The molecule has 2 N–H and O–H groups in total. The molecule has 0 saturated carbocycles. The molecule has 41 heavy (non-hydrogen) atoms. The second-order valence-electron chi connectivity index (χ2n) is 9.49. The number of nitrogens with zero attached hydrogens (tertiary/aromatic N) is 2. The van der Waals surface area contributed by atoms with E-state index in [1.54, 1.807) is 48.5 Å². The summed E-state index contributed by atoms with van der Waals surface area (Å²) in [5.74, 6) is -2.11. The summed E-state index contributed by atoms with van der Waals surface area (Å²) in [6.45, 7) is -0.294. The van der Waals surface area contributed by atoms with Gasteiger partial charge in [0.25, 0.3) is 0 Å². The van der Waals surface area contributed by atoms with Gasteiger partial charge in [-0.15, -0.1) is 0 Å². The summed E-state index contributed by atoms with van der Waals surface area (Å²) < 4.78 is 6.98. The minimum absolute atomic E-state index is 0.0582. The number of phenolic OH excluding ortho intramolecular Hbond substituents is 1. The van der Waals surface area contributed by atoms with Crippen LogP contribution in [0.1, 0.15) is 16.4 Å². The molecular weight excluding hydrogens is 586 g/mol. The second kappa shape index (κ2) is 10.7. The van der Waals surface area contributed by atoms with Gasteiger partial charge in [-0.2, -0.15) is 0 Å². The molecule has 1 aromatic heterocycles. The van der Waals surface area contributed by atoms with E-state index >= 15 is 0 Å². The number of amides is 3. The number of methoxy groups -OCH3 is 1. The summed E-state index contributed by atoms with van der Waals surface area (Å²) >= 11 is 8.14. The van der Waals surface area contributed by atoms with Gasteiger partial charge in [0, 0.05) is 27.1 Å². The van der Waals surface area contributed by atoms with Crippen LogP contribution in [0.25, 0.3) is 0 Å². The van der Waals surface area contributed by atoms with Crippen molar-refractivity contribution in [2.75, 3.05) is 17.3 Å². The van der Waals surface area contributed by atoms with E-state index in [0.29, 0.717) is 37.6 Å². The summed E-state index contributed by atoms with van der Waals surface area (Å²) in [7, 11) is 1.53. The highest BCUT2D eigenvalue weighted by atomic mass is 35.5. The minimum Gasteiger partial charge on any atom is -0.508 e. The van der Waals surface area contributed by atoms with Crippen molar-refractivity contribution in [2.24, 2.45) is 5.92 Å². The number of imide groups is 1. The fourth-order valence-electron chi connectivity index (χ4n) is 5.25. The molecule has 3 atom stereocenters. The van der Waals surface area contributed by atoms with Gasteiger partial charge in [-0.3, -0.25) is 23.7 Å². The standard InChI is InChI=1S/C29H22ClN3O6S2/c1-39-20-5-3-2-4-19(20)22-23-24(27(37)33(26(23)36)17-10-6-15(30)7-11-17)40-28-25(22)41-29(38)32(28)14-21(35)31-16-8-12-18(34)13-9-16/h2-13,22-24,34H,14H2,1H3,(H,31,35)/t22-,23-,24+/m0/s1. The molecule has 4 aromatic rings. The number of fused-ring (bicyclic) bond motifs is 2. The predicted molar refractivity (Wildman–Crippen MR) is 157 cm³/mol. The van der Waals surface area contributed by atoms with Crippen LogP contribution in [0.15, 0.2) is 82.6 Å². The van der Waals surface area contributed by atoms with Crippen LogP contribution in [0.2, 0.25) is 5.02 Å². The number of nitrogens with one attached hydrogen (secondary N) is 1. The zero-order valence-corrected chi connectivity index (χ0v) is 23.8. The third-order valence-electron chi connectivity index (χ3n) is 7.06. The average Bonchev–Trinajstić information content (AvgIpc) is 3.41. The van der Waals surface area contributed by atoms with Gasteiger partial charge in [0.1, 0.15) is 23.3 Å². The van der Waals surface area contributed by atoms with E-state index in [-0.39, 0.29) is 23.1 Å². The number of carbonyl (C=O) groups excluding carboxylic acids is 3. The van der Waals surface area contributed by atoms with Gasteiger partial charge >= 0.3 is 4.87 Å². The number of hydrogen-bond donors (Lipinski definition) is 2. The first-order valence-corrected chi connectivity index (χ1v) is 14.6. The Balaban J connectivity index is 1.43. The first kappa shape index (κ1) is 27.1. The molecule has 208 valence electrons. The van der Waals surface area contributed by atoms with Crippen LogP contribution in [0.3, 0.4) is 0 Å². The average molecular weight is 608 g/mol. The van der Waals surface area contributed by atoms with E-state index in [0.717, 1.165) is 23.1 Å². The van der Waals surface area contributed by atoms with Crippen molar-refractivity contribution in [3.05, 3.63) is 97.9 Å². The van der Waals surface area contributed by atoms with Crippen LogP contribution >= 0.6 is 34.7 Å². The predicted octanol–water partition coefficient (Wildman–Crippen LogP) is 4.71. The number of carbonyl (C=O) groups is 3. The molecule has 2 aliphatic rings. The van der Waals surface area contributed by atoms with E-state index in [4.69, 9.17) is 16.3 Å². The van der Waals surface area contributed by atoms with Gasteiger partial charge in [-0.05, 0) is 54.6 Å². The molecule has 0 aliphatic carbocycles. The number of halogens is 1. The van der Waals surface area contributed by atoms with Crippen molar-refractivity contribution in [3.63, 3.8) is 0 Å². The molecule has 0 bridgehead atoms. The number of hydrogen-bond acceptors (Lipinski definition) is 8. The van der Waals surface area contributed by atoms with Crippen molar-refractivity contribution in [1.82, 2.24) is 4.57 Å². The van der Waals surface area contributed by atoms with Crippen molar-refractivity contribution in [1.29, 1.82) is 0 Å². The highest BCUT2D eigenvalue weighted by Crippen LogP contribution is 2.55. The van der Waals surface area contributed by atoms with E-state index in [9.17, 15) is 24.3 Å². The maximum Gasteiger partial charge on any atom is 0.308 e. The Labute approximate surface area is 247 Å². The number of aromatic hydroxyl groups is 1. The third kappa shape index (κ3) is 4.79. The summed E-state index contributed by atoms with van der Waals surface area (Å²) in [6, 6.07) is 19.7. The van der Waals surface area contributed by atoms with Crippen LogP contribution in [0.4, 0.5) is 11.4 Å². The Hall–Kier alpha value is -4.06. The summed E-state index contributed by atoms with van der Waals surface area (Å²) in [4.78, 5) is 55.5. The highest BCUT2D eigenvalue weighted by Gasteiger charge is 2.57. The number of aromatic nitrogens is 1. The Morgan fingerprint density at radius 1 is 1.00 bits per heavy atom. The normalized spacial score (nSPS) is 19.6. The molecule has 1 saturated heterocycles. The molecular formula is C29H22ClN3O6S2. The van der Waals surface area contributed by atoms with Crippen LogP contribution in [-0.4, -0.2) is 39.8 Å². The molecule has 0 spiro atoms. The summed E-state index contributed by atoms with van der Waals surface area (Å²) in [5, 5.41) is 12.3. The monoisotopic (exact) mass is 607 g/mol. The zero-order chi connectivity index (χ0) is 28.8.